The lowest BCUT2D eigenvalue weighted by Gasteiger charge is -2.32. The molecule has 1 amide bonds. The van der Waals surface area contributed by atoms with Crippen LogP contribution in [-0.4, -0.2) is 48.2 Å². The van der Waals surface area contributed by atoms with E-state index in [9.17, 15) is 9.59 Å². The topological polar surface area (TPSA) is 116 Å². The highest BCUT2D eigenvalue weighted by Gasteiger charge is 2.24. The zero-order valence-electron chi connectivity index (χ0n) is 18.0. The molecule has 1 fully saturated rings. The minimum Gasteiger partial charge on any atom is -0.493 e. The van der Waals surface area contributed by atoms with E-state index >= 15 is 0 Å². The fraction of sp³-hybridized carbons (Fsp3) is 0.417. The Morgan fingerprint density at radius 2 is 1.97 bits per heavy atom. The third-order valence-corrected chi connectivity index (χ3v) is 5.58. The summed E-state index contributed by atoms with van der Waals surface area (Å²) in [5, 5.41) is 21.0. The Labute approximate surface area is 187 Å². The number of amides is 1. The molecule has 0 unspecified atom stereocenters. The first-order chi connectivity index (χ1) is 15.6. The van der Waals surface area contributed by atoms with E-state index < -0.39 is 5.97 Å². The SMILES string of the molecule is N#Cc1ccc(CCC(=O)O)c(OCCCNC(=O)C2CCN(c3ccncc3)CC2)c1. The first kappa shape index (κ1) is 23.1. The number of nitrogens with one attached hydrogen (secondary N) is 1. The normalized spacial score (nSPS) is 13.9. The number of carbonyl (C=O) groups excluding carboxylic acids is 1. The van der Waals surface area contributed by atoms with Crippen LogP contribution in [-0.2, 0) is 16.0 Å². The second kappa shape index (κ2) is 11.7. The largest absolute Gasteiger partial charge is 0.493 e. The van der Waals surface area contributed by atoms with Crippen molar-refractivity contribution < 1.29 is 19.4 Å². The number of nitriles is 1. The van der Waals surface area contributed by atoms with Crippen molar-refractivity contribution in [2.75, 3.05) is 31.1 Å². The third-order valence-electron chi connectivity index (χ3n) is 5.58. The van der Waals surface area contributed by atoms with Crippen LogP contribution >= 0.6 is 0 Å². The van der Waals surface area contributed by atoms with Gasteiger partial charge in [-0.3, -0.25) is 14.6 Å². The molecule has 2 N–H and O–H groups in total. The van der Waals surface area contributed by atoms with Crippen molar-refractivity contribution in [1.29, 1.82) is 5.26 Å². The zero-order valence-corrected chi connectivity index (χ0v) is 18.0. The van der Waals surface area contributed by atoms with Crippen LogP contribution in [0.15, 0.2) is 42.7 Å². The maximum Gasteiger partial charge on any atom is 0.303 e. The molecule has 0 atom stereocenters. The monoisotopic (exact) mass is 436 g/mol. The summed E-state index contributed by atoms with van der Waals surface area (Å²) < 4.78 is 5.80. The van der Waals surface area contributed by atoms with Gasteiger partial charge < -0.3 is 20.1 Å². The van der Waals surface area contributed by atoms with E-state index in [1.807, 2.05) is 12.1 Å². The van der Waals surface area contributed by atoms with Crippen LogP contribution in [0.4, 0.5) is 5.69 Å². The van der Waals surface area contributed by atoms with Crippen LogP contribution in [0.2, 0.25) is 0 Å². The Bertz CT molecular complexity index is 950. The molecule has 0 spiro atoms. The first-order valence-electron chi connectivity index (χ1n) is 10.9. The molecule has 0 aliphatic carbocycles. The molecule has 1 aliphatic rings. The number of carbonyl (C=O) groups is 2. The minimum atomic E-state index is -0.880. The quantitative estimate of drug-likeness (QED) is 0.550. The molecular weight excluding hydrogens is 408 g/mol. The van der Waals surface area contributed by atoms with E-state index in [2.05, 4.69) is 21.3 Å². The highest BCUT2D eigenvalue weighted by Crippen LogP contribution is 2.23. The molecule has 32 heavy (non-hydrogen) atoms. The molecule has 1 aromatic carbocycles. The molecular formula is C24H28N4O4. The highest BCUT2D eigenvalue weighted by molar-refractivity contribution is 5.79. The number of nitrogens with zero attached hydrogens (tertiary/aromatic N) is 3. The Balaban J connectivity index is 1.39. The van der Waals surface area contributed by atoms with Crippen molar-refractivity contribution in [2.24, 2.45) is 5.92 Å². The fourth-order valence-electron chi connectivity index (χ4n) is 3.77. The zero-order chi connectivity index (χ0) is 22.8. The van der Waals surface area contributed by atoms with Gasteiger partial charge in [-0.2, -0.15) is 5.26 Å². The maximum atomic E-state index is 12.5. The van der Waals surface area contributed by atoms with Crippen molar-refractivity contribution in [3.63, 3.8) is 0 Å². The van der Waals surface area contributed by atoms with E-state index in [1.54, 1.807) is 30.6 Å². The summed E-state index contributed by atoms with van der Waals surface area (Å²) >= 11 is 0. The van der Waals surface area contributed by atoms with Crippen LogP contribution < -0.4 is 15.0 Å². The maximum absolute atomic E-state index is 12.5. The number of hydrogen-bond acceptors (Lipinski definition) is 6. The highest BCUT2D eigenvalue weighted by atomic mass is 16.5. The standard InChI is InChI=1S/C24H28N4O4/c25-17-18-2-3-19(4-5-23(29)30)22(16-18)32-15-1-10-27-24(31)20-8-13-28(14-9-20)21-6-11-26-12-7-21/h2-3,6-7,11-12,16,20H,1,4-5,8-10,13-15H2,(H,27,31)(H,29,30). The molecule has 8 heteroatoms. The van der Waals surface area contributed by atoms with E-state index in [-0.39, 0.29) is 18.2 Å². The summed E-state index contributed by atoms with van der Waals surface area (Å²) in [6.45, 7) is 2.57. The van der Waals surface area contributed by atoms with Crippen LogP contribution in [0.25, 0.3) is 0 Å². The van der Waals surface area contributed by atoms with Gasteiger partial charge in [-0.05, 0) is 55.5 Å². The van der Waals surface area contributed by atoms with Crippen LogP contribution in [0, 0.1) is 17.2 Å². The van der Waals surface area contributed by atoms with E-state index in [1.165, 1.54) is 0 Å². The van der Waals surface area contributed by atoms with Gasteiger partial charge >= 0.3 is 5.97 Å². The minimum absolute atomic E-state index is 0.00169. The molecule has 3 rings (SSSR count). The second-order valence-electron chi connectivity index (χ2n) is 7.79. The van der Waals surface area contributed by atoms with Gasteiger partial charge in [0.15, 0.2) is 0 Å². The molecule has 2 heterocycles. The van der Waals surface area contributed by atoms with Gasteiger partial charge in [0.25, 0.3) is 0 Å². The number of ether oxygens (including phenoxy) is 1. The Hall–Kier alpha value is -3.60. The number of aliphatic carboxylic acids is 1. The third kappa shape index (κ3) is 6.71. The van der Waals surface area contributed by atoms with Gasteiger partial charge in [0.05, 0.1) is 18.2 Å². The number of aromatic nitrogens is 1. The summed E-state index contributed by atoms with van der Waals surface area (Å²) in [7, 11) is 0. The van der Waals surface area contributed by atoms with Gasteiger partial charge in [-0.25, -0.2) is 0 Å². The second-order valence-corrected chi connectivity index (χ2v) is 7.79. The number of carboxylic acid groups (broad SMARTS) is 1. The summed E-state index contributed by atoms with van der Waals surface area (Å²) in [4.78, 5) is 29.7. The lowest BCUT2D eigenvalue weighted by molar-refractivity contribution is -0.137. The molecule has 0 bridgehead atoms. The van der Waals surface area contributed by atoms with Crippen LogP contribution in [0.1, 0.15) is 36.8 Å². The summed E-state index contributed by atoms with van der Waals surface area (Å²) in [6, 6.07) is 11.1. The lowest BCUT2D eigenvalue weighted by Crippen LogP contribution is -2.41. The molecule has 1 aliphatic heterocycles. The van der Waals surface area contributed by atoms with Gasteiger partial charge in [-0.1, -0.05) is 6.07 Å². The Kier molecular flexibility index (Phi) is 8.44. The number of benzene rings is 1. The van der Waals surface area contributed by atoms with E-state index in [0.29, 0.717) is 37.3 Å². The summed E-state index contributed by atoms with van der Waals surface area (Å²) in [5.74, 6) is -0.258. The molecule has 168 valence electrons. The summed E-state index contributed by atoms with van der Waals surface area (Å²) in [5.41, 5.74) is 2.36. The number of piperidine rings is 1. The van der Waals surface area contributed by atoms with E-state index in [4.69, 9.17) is 15.1 Å². The number of hydrogen-bond donors (Lipinski definition) is 2. The van der Waals surface area contributed by atoms with Crippen LogP contribution in [0.3, 0.4) is 0 Å². The lowest BCUT2D eigenvalue weighted by atomic mass is 9.95. The number of carboxylic acids is 1. The summed E-state index contributed by atoms with van der Waals surface area (Å²) in [6.07, 6.45) is 6.15. The molecule has 0 saturated carbocycles. The predicted octanol–water partition coefficient (Wildman–Crippen LogP) is 2.77. The predicted molar refractivity (Wildman–Crippen MR) is 119 cm³/mol. The van der Waals surface area contributed by atoms with Gasteiger partial charge in [-0.15, -0.1) is 0 Å². The molecule has 8 nitrogen and oxygen atoms in total. The molecule has 1 saturated heterocycles. The van der Waals surface area contributed by atoms with Crippen molar-refractivity contribution in [1.82, 2.24) is 10.3 Å². The van der Waals surface area contributed by atoms with Crippen molar-refractivity contribution in [2.45, 2.75) is 32.1 Å². The van der Waals surface area contributed by atoms with Gasteiger partial charge in [0.2, 0.25) is 5.91 Å². The number of anilines is 1. The average Bonchev–Trinajstić information content (AvgIpc) is 2.83. The fourth-order valence-corrected chi connectivity index (χ4v) is 3.77. The molecule has 0 radical (unpaired) electrons. The van der Waals surface area contributed by atoms with Crippen molar-refractivity contribution in [3.8, 4) is 11.8 Å². The number of aryl methyl sites for hydroxylation is 1. The van der Waals surface area contributed by atoms with Gasteiger partial charge in [0, 0.05) is 50.1 Å². The number of rotatable bonds is 10. The average molecular weight is 437 g/mol. The van der Waals surface area contributed by atoms with Crippen molar-refractivity contribution in [3.05, 3.63) is 53.9 Å². The van der Waals surface area contributed by atoms with Gasteiger partial charge in [0.1, 0.15) is 5.75 Å². The smallest absolute Gasteiger partial charge is 0.303 e. The van der Waals surface area contributed by atoms with E-state index in [0.717, 1.165) is 37.2 Å². The van der Waals surface area contributed by atoms with Crippen molar-refractivity contribution >= 4 is 17.6 Å². The Morgan fingerprint density at radius 3 is 2.66 bits per heavy atom. The molecule has 1 aromatic heterocycles. The number of pyridine rings is 1. The van der Waals surface area contributed by atoms with Crippen LogP contribution in [0.5, 0.6) is 5.75 Å². The first-order valence-corrected chi connectivity index (χ1v) is 10.9. The Morgan fingerprint density at radius 1 is 1.22 bits per heavy atom. The molecule has 2 aromatic rings.